The van der Waals surface area contributed by atoms with Gasteiger partial charge in [0.15, 0.2) is 0 Å². The Morgan fingerprint density at radius 3 is 3.07 bits per heavy atom. The summed E-state index contributed by atoms with van der Waals surface area (Å²) in [5, 5.41) is 9.01. The maximum atomic E-state index is 11.0. The van der Waals surface area contributed by atoms with E-state index < -0.39 is 6.09 Å². The second-order valence-electron chi connectivity index (χ2n) is 3.46. The van der Waals surface area contributed by atoms with Crippen LogP contribution in [0.5, 0.6) is 0 Å². The summed E-state index contributed by atoms with van der Waals surface area (Å²) in [7, 11) is 0. The van der Waals surface area contributed by atoms with Crippen LogP contribution in [0, 0.1) is 0 Å². The summed E-state index contributed by atoms with van der Waals surface area (Å²) in [5.74, 6) is 0.561. The zero-order chi connectivity index (χ0) is 10.8. The summed E-state index contributed by atoms with van der Waals surface area (Å²) in [6.07, 6.45) is 2.43. The van der Waals surface area contributed by atoms with E-state index in [9.17, 15) is 4.79 Å². The lowest BCUT2D eigenvalue weighted by Gasteiger charge is -2.25. The van der Waals surface area contributed by atoms with Gasteiger partial charge in [0.1, 0.15) is 5.82 Å². The zero-order valence-electron chi connectivity index (χ0n) is 8.31. The molecule has 0 saturated carbocycles. The molecule has 0 spiro atoms. The highest BCUT2D eigenvalue weighted by molar-refractivity contribution is 5.86. The van der Waals surface area contributed by atoms with Gasteiger partial charge in [0, 0.05) is 6.54 Å². The fraction of sp³-hybridized carbons (Fsp3) is 0.273. The fourth-order valence-corrected chi connectivity index (χ4v) is 1.75. The van der Waals surface area contributed by atoms with Crippen LogP contribution < -0.4 is 4.90 Å². The molecule has 2 heterocycles. The van der Waals surface area contributed by atoms with Crippen LogP contribution in [0.2, 0.25) is 0 Å². The van der Waals surface area contributed by atoms with Crippen LogP contribution in [-0.2, 0) is 6.42 Å². The van der Waals surface area contributed by atoms with Crippen LogP contribution in [0.3, 0.4) is 0 Å². The number of aromatic nitrogens is 1. The van der Waals surface area contributed by atoms with E-state index in [1.165, 1.54) is 4.90 Å². The maximum absolute atomic E-state index is 11.0. The third-order valence-electron chi connectivity index (χ3n) is 2.50. The molecular formula is C11H12N2O2. The Morgan fingerprint density at radius 2 is 2.40 bits per heavy atom. The van der Waals surface area contributed by atoms with E-state index in [1.807, 2.05) is 12.1 Å². The zero-order valence-corrected chi connectivity index (χ0v) is 8.31. The van der Waals surface area contributed by atoms with E-state index >= 15 is 0 Å². The summed E-state index contributed by atoms with van der Waals surface area (Å²) in [4.78, 5) is 16.5. The molecule has 2 rings (SSSR count). The molecule has 1 aromatic heterocycles. The van der Waals surface area contributed by atoms with E-state index in [2.05, 4.69) is 11.6 Å². The van der Waals surface area contributed by atoms with Gasteiger partial charge in [-0.1, -0.05) is 12.6 Å². The lowest BCUT2D eigenvalue weighted by atomic mass is 10.1. The number of anilines is 1. The van der Waals surface area contributed by atoms with Crippen molar-refractivity contribution in [3.05, 3.63) is 30.0 Å². The molecule has 1 amide bonds. The predicted molar refractivity (Wildman–Crippen MR) is 58.0 cm³/mol. The number of fused-ring (bicyclic) bond motifs is 1. The molecule has 4 heteroatoms. The van der Waals surface area contributed by atoms with Crippen molar-refractivity contribution >= 4 is 18.0 Å². The van der Waals surface area contributed by atoms with Gasteiger partial charge >= 0.3 is 6.09 Å². The molecule has 0 saturated heterocycles. The number of rotatable bonds is 1. The average molecular weight is 204 g/mol. The number of aryl methyl sites for hydroxylation is 1. The Bertz CT molecular complexity index is 415. The molecule has 1 aromatic rings. The first kappa shape index (κ1) is 9.71. The number of carbonyl (C=O) groups is 1. The molecule has 0 radical (unpaired) electrons. The van der Waals surface area contributed by atoms with Gasteiger partial charge in [-0.3, -0.25) is 4.90 Å². The Labute approximate surface area is 87.9 Å². The van der Waals surface area contributed by atoms with Crippen LogP contribution in [0.4, 0.5) is 10.6 Å². The van der Waals surface area contributed by atoms with Gasteiger partial charge in [-0.05, 0) is 30.5 Å². The van der Waals surface area contributed by atoms with Gasteiger partial charge in [0.05, 0.1) is 5.69 Å². The molecule has 15 heavy (non-hydrogen) atoms. The van der Waals surface area contributed by atoms with Crippen molar-refractivity contribution in [3.8, 4) is 0 Å². The first-order valence-electron chi connectivity index (χ1n) is 4.85. The van der Waals surface area contributed by atoms with Gasteiger partial charge in [0.2, 0.25) is 0 Å². The van der Waals surface area contributed by atoms with E-state index in [0.29, 0.717) is 18.1 Å². The number of nitrogens with zero attached hydrogens (tertiary/aromatic N) is 2. The highest BCUT2D eigenvalue weighted by Crippen LogP contribution is 2.25. The van der Waals surface area contributed by atoms with Crippen LogP contribution in [0.1, 0.15) is 17.7 Å². The minimum absolute atomic E-state index is 0.524. The summed E-state index contributed by atoms with van der Waals surface area (Å²) < 4.78 is 0. The van der Waals surface area contributed by atoms with Crippen molar-refractivity contribution in [2.24, 2.45) is 0 Å². The minimum Gasteiger partial charge on any atom is -0.465 e. The van der Waals surface area contributed by atoms with Gasteiger partial charge in [-0.2, -0.15) is 0 Å². The molecule has 0 aliphatic carbocycles. The van der Waals surface area contributed by atoms with Crippen LogP contribution in [-0.4, -0.2) is 22.7 Å². The van der Waals surface area contributed by atoms with E-state index in [4.69, 9.17) is 5.11 Å². The lowest BCUT2D eigenvalue weighted by molar-refractivity contribution is 0.201. The van der Waals surface area contributed by atoms with E-state index in [-0.39, 0.29) is 0 Å². The molecule has 1 N–H and O–H groups in total. The monoisotopic (exact) mass is 204 g/mol. The van der Waals surface area contributed by atoms with E-state index in [0.717, 1.165) is 18.4 Å². The molecule has 1 aliphatic heterocycles. The second kappa shape index (κ2) is 3.73. The van der Waals surface area contributed by atoms with Gasteiger partial charge in [0.25, 0.3) is 0 Å². The number of carboxylic acid groups (broad SMARTS) is 1. The van der Waals surface area contributed by atoms with Crippen LogP contribution in [0.15, 0.2) is 18.7 Å². The van der Waals surface area contributed by atoms with Crippen molar-refractivity contribution in [2.45, 2.75) is 12.8 Å². The molecule has 1 aliphatic rings. The van der Waals surface area contributed by atoms with Crippen molar-refractivity contribution in [1.29, 1.82) is 0 Å². The third kappa shape index (κ3) is 1.70. The van der Waals surface area contributed by atoms with Crippen LogP contribution >= 0.6 is 0 Å². The van der Waals surface area contributed by atoms with Crippen molar-refractivity contribution in [3.63, 3.8) is 0 Å². The molecule has 0 bridgehead atoms. The highest BCUT2D eigenvalue weighted by atomic mass is 16.4. The first-order chi connectivity index (χ1) is 7.22. The van der Waals surface area contributed by atoms with Gasteiger partial charge in [-0.25, -0.2) is 9.78 Å². The standard InChI is InChI=1S/C11H12N2O2/c1-2-9-6-5-8-4-3-7-13(11(14)15)10(8)12-9/h2,5-6H,1,3-4,7H2,(H,14,15). The number of pyridine rings is 1. The average Bonchev–Trinajstić information content (AvgIpc) is 2.27. The molecule has 0 atom stereocenters. The van der Waals surface area contributed by atoms with Gasteiger partial charge in [-0.15, -0.1) is 0 Å². The molecule has 78 valence electrons. The normalized spacial score (nSPS) is 14.5. The molecule has 0 aromatic carbocycles. The number of hydrogen-bond acceptors (Lipinski definition) is 2. The quantitative estimate of drug-likeness (QED) is 0.762. The maximum Gasteiger partial charge on any atom is 0.413 e. The fourth-order valence-electron chi connectivity index (χ4n) is 1.75. The minimum atomic E-state index is -0.940. The van der Waals surface area contributed by atoms with Crippen LogP contribution in [0.25, 0.3) is 6.08 Å². The summed E-state index contributed by atoms with van der Waals surface area (Å²) in [5.41, 5.74) is 1.70. The van der Waals surface area contributed by atoms with Crippen molar-refractivity contribution in [2.75, 3.05) is 11.4 Å². The Kier molecular flexibility index (Phi) is 2.41. The highest BCUT2D eigenvalue weighted by Gasteiger charge is 2.23. The topological polar surface area (TPSA) is 53.4 Å². The van der Waals surface area contributed by atoms with Crippen molar-refractivity contribution < 1.29 is 9.90 Å². The first-order valence-corrected chi connectivity index (χ1v) is 4.85. The SMILES string of the molecule is C=Cc1ccc2c(n1)N(C(=O)O)CCC2. The van der Waals surface area contributed by atoms with Crippen molar-refractivity contribution in [1.82, 2.24) is 4.98 Å². The summed E-state index contributed by atoms with van der Waals surface area (Å²) in [6, 6.07) is 3.78. The number of hydrogen-bond donors (Lipinski definition) is 1. The van der Waals surface area contributed by atoms with Gasteiger partial charge < -0.3 is 5.11 Å². The largest absolute Gasteiger partial charge is 0.465 e. The summed E-state index contributed by atoms with van der Waals surface area (Å²) >= 11 is 0. The Balaban J connectivity index is 2.48. The Morgan fingerprint density at radius 1 is 1.60 bits per heavy atom. The number of amides is 1. The third-order valence-corrected chi connectivity index (χ3v) is 2.50. The predicted octanol–water partition coefficient (Wildman–Crippen LogP) is 2.16. The molecule has 0 fully saturated rings. The van der Waals surface area contributed by atoms with E-state index in [1.54, 1.807) is 6.08 Å². The second-order valence-corrected chi connectivity index (χ2v) is 3.46. The Hall–Kier alpha value is -1.84. The molecule has 0 unspecified atom stereocenters. The summed E-state index contributed by atoms with van der Waals surface area (Å²) in [6.45, 7) is 4.15. The smallest absolute Gasteiger partial charge is 0.413 e. The molecular weight excluding hydrogens is 192 g/mol. The molecule has 4 nitrogen and oxygen atoms in total. The lowest BCUT2D eigenvalue weighted by Crippen LogP contribution is -2.35.